The molecule has 1 unspecified atom stereocenters. The summed E-state index contributed by atoms with van der Waals surface area (Å²) in [5.41, 5.74) is 0.0654. The first-order valence-corrected chi connectivity index (χ1v) is 7.51. The third-order valence-electron chi connectivity index (χ3n) is 3.77. The van der Waals surface area contributed by atoms with Gasteiger partial charge in [0.05, 0.1) is 12.7 Å². The van der Waals surface area contributed by atoms with Crippen LogP contribution in [0.15, 0.2) is 60.7 Å². The molecule has 118 valence electrons. The molecule has 1 atom stereocenters. The van der Waals surface area contributed by atoms with Crippen LogP contribution in [0.1, 0.15) is 24.0 Å². The number of rotatable bonds is 8. The highest BCUT2D eigenvalue weighted by Crippen LogP contribution is 2.29. The molecule has 0 aliphatic heterocycles. The Bertz CT molecular complexity index is 664. The van der Waals surface area contributed by atoms with E-state index >= 15 is 0 Å². The maximum atomic E-state index is 11.7. The summed E-state index contributed by atoms with van der Waals surface area (Å²) in [7, 11) is 0. The molecule has 4 heteroatoms. The van der Waals surface area contributed by atoms with E-state index in [4.69, 9.17) is 4.74 Å². The first-order valence-electron chi connectivity index (χ1n) is 7.51. The van der Waals surface area contributed by atoms with E-state index < -0.39 is 11.4 Å². The zero-order valence-corrected chi connectivity index (χ0v) is 12.8. The van der Waals surface area contributed by atoms with Gasteiger partial charge in [-0.2, -0.15) is 5.26 Å². The lowest BCUT2D eigenvalue weighted by Gasteiger charge is -2.22. The lowest BCUT2D eigenvalue weighted by atomic mass is 9.78. The van der Waals surface area contributed by atoms with Gasteiger partial charge < -0.3 is 9.84 Å². The molecular formula is C19H19NO3. The SMILES string of the molecule is N#CC(CCCOCc1ccccc1)(C(=O)O)c1ccccc1. The third-order valence-corrected chi connectivity index (χ3v) is 3.77. The largest absolute Gasteiger partial charge is 0.480 e. The third kappa shape index (κ3) is 4.18. The van der Waals surface area contributed by atoms with Gasteiger partial charge in [-0.25, -0.2) is 0 Å². The Balaban J connectivity index is 1.92. The van der Waals surface area contributed by atoms with Crippen molar-refractivity contribution in [3.63, 3.8) is 0 Å². The van der Waals surface area contributed by atoms with Crippen LogP contribution >= 0.6 is 0 Å². The molecule has 2 aromatic rings. The first-order chi connectivity index (χ1) is 11.2. The van der Waals surface area contributed by atoms with Gasteiger partial charge in [-0.3, -0.25) is 4.79 Å². The van der Waals surface area contributed by atoms with E-state index in [1.54, 1.807) is 30.3 Å². The number of carbonyl (C=O) groups is 1. The summed E-state index contributed by atoms with van der Waals surface area (Å²) in [4.78, 5) is 11.7. The fourth-order valence-corrected chi connectivity index (χ4v) is 2.47. The van der Waals surface area contributed by atoms with Crippen LogP contribution in [0.3, 0.4) is 0 Å². The summed E-state index contributed by atoms with van der Waals surface area (Å²) in [6.45, 7) is 0.900. The minimum atomic E-state index is -1.52. The molecule has 2 aromatic carbocycles. The Morgan fingerprint density at radius 1 is 1.09 bits per heavy atom. The van der Waals surface area contributed by atoms with E-state index in [0.717, 1.165) is 5.56 Å². The standard InChI is InChI=1S/C19H19NO3/c20-15-19(18(21)22,17-10-5-2-6-11-17)12-7-13-23-14-16-8-3-1-4-9-16/h1-6,8-11H,7,12-14H2,(H,21,22). The van der Waals surface area contributed by atoms with Crippen LogP contribution in [0.25, 0.3) is 0 Å². The Hall–Kier alpha value is -2.64. The molecule has 0 aliphatic carbocycles. The number of carboxylic acid groups (broad SMARTS) is 1. The monoisotopic (exact) mass is 309 g/mol. The number of nitrogens with zero attached hydrogens (tertiary/aromatic N) is 1. The normalized spacial score (nSPS) is 13.0. The number of ether oxygens (including phenoxy) is 1. The summed E-state index contributed by atoms with van der Waals surface area (Å²) in [5.74, 6) is -1.12. The molecule has 0 heterocycles. The highest BCUT2D eigenvalue weighted by atomic mass is 16.5. The Labute approximate surface area is 136 Å². The van der Waals surface area contributed by atoms with Crippen molar-refractivity contribution < 1.29 is 14.6 Å². The molecule has 0 bridgehead atoms. The van der Waals surface area contributed by atoms with Crippen molar-refractivity contribution in [1.82, 2.24) is 0 Å². The molecule has 0 aliphatic rings. The molecule has 0 saturated carbocycles. The summed E-state index contributed by atoms with van der Waals surface area (Å²) < 4.78 is 5.57. The van der Waals surface area contributed by atoms with Gasteiger partial charge >= 0.3 is 5.97 Å². The average molecular weight is 309 g/mol. The molecule has 2 rings (SSSR count). The number of nitriles is 1. The van der Waals surface area contributed by atoms with Gasteiger partial charge in [-0.15, -0.1) is 0 Å². The van der Waals surface area contributed by atoms with Crippen molar-refractivity contribution in [2.75, 3.05) is 6.61 Å². The summed E-state index contributed by atoms with van der Waals surface area (Å²) in [6.07, 6.45) is 0.721. The van der Waals surface area contributed by atoms with Crippen LogP contribution in [0.4, 0.5) is 0 Å². The molecule has 0 fully saturated rings. The quantitative estimate of drug-likeness (QED) is 0.757. The second-order valence-corrected chi connectivity index (χ2v) is 5.33. The van der Waals surface area contributed by atoms with E-state index in [1.165, 1.54) is 0 Å². The molecule has 0 aromatic heterocycles. The lowest BCUT2D eigenvalue weighted by Crippen LogP contribution is -2.34. The predicted octanol–water partition coefficient (Wildman–Crippen LogP) is 3.53. The molecule has 4 nitrogen and oxygen atoms in total. The van der Waals surface area contributed by atoms with Crippen LogP contribution < -0.4 is 0 Å². The van der Waals surface area contributed by atoms with Gasteiger partial charge in [0, 0.05) is 6.61 Å². The van der Waals surface area contributed by atoms with E-state index in [0.29, 0.717) is 25.2 Å². The number of hydrogen-bond donors (Lipinski definition) is 1. The topological polar surface area (TPSA) is 70.3 Å². The first kappa shape index (κ1) is 16.7. The average Bonchev–Trinajstić information content (AvgIpc) is 2.60. The van der Waals surface area contributed by atoms with Crippen LogP contribution in [-0.2, 0) is 21.6 Å². The molecule has 0 amide bonds. The predicted molar refractivity (Wildman–Crippen MR) is 86.7 cm³/mol. The van der Waals surface area contributed by atoms with Gasteiger partial charge in [0.1, 0.15) is 0 Å². The van der Waals surface area contributed by atoms with E-state index in [9.17, 15) is 15.2 Å². The van der Waals surface area contributed by atoms with Crippen LogP contribution in [-0.4, -0.2) is 17.7 Å². The van der Waals surface area contributed by atoms with Gasteiger partial charge in [0.25, 0.3) is 0 Å². The molecular weight excluding hydrogens is 290 g/mol. The fourth-order valence-electron chi connectivity index (χ4n) is 2.47. The lowest BCUT2D eigenvalue weighted by molar-refractivity contribution is -0.142. The Morgan fingerprint density at radius 3 is 2.26 bits per heavy atom. The van der Waals surface area contributed by atoms with Crippen LogP contribution in [0, 0.1) is 11.3 Å². The maximum Gasteiger partial charge on any atom is 0.328 e. The molecule has 1 N–H and O–H groups in total. The van der Waals surface area contributed by atoms with Crippen molar-refractivity contribution in [2.45, 2.75) is 24.9 Å². The second-order valence-electron chi connectivity index (χ2n) is 5.33. The van der Waals surface area contributed by atoms with E-state index in [1.807, 2.05) is 36.4 Å². The van der Waals surface area contributed by atoms with Gasteiger partial charge in [0.15, 0.2) is 5.41 Å². The minimum absolute atomic E-state index is 0.220. The van der Waals surface area contributed by atoms with Crippen molar-refractivity contribution in [3.8, 4) is 6.07 Å². The smallest absolute Gasteiger partial charge is 0.328 e. The number of hydrogen-bond acceptors (Lipinski definition) is 3. The minimum Gasteiger partial charge on any atom is -0.480 e. The van der Waals surface area contributed by atoms with Crippen LogP contribution in [0.2, 0.25) is 0 Å². The molecule has 0 radical (unpaired) electrons. The highest BCUT2D eigenvalue weighted by Gasteiger charge is 2.40. The summed E-state index contributed by atoms with van der Waals surface area (Å²) >= 11 is 0. The van der Waals surface area contributed by atoms with Gasteiger partial charge in [-0.1, -0.05) is 60.7 Å². The highest BCUT2D eigenvalue weighted by molar-refractivity contribution is 5.85. The van der Waals surface area contributed by atoms with Crippen molar-refractivity contribution in [3.05, 3.63) is 71.8 Å². The van der Waals surface area contributed by atoms with E-state index in [2.05, 4.69) is 0 Å². The number of aliphatic carboxylic acids is 1. The van der Waals surface area contributed by atoms with Gasteiger partial charge in [-0.05, 0) is 24.0 Å². The van der Waals surface area contributed by atoms with Crippen LogP contribution in [0.5, 0.6) is 0 Å². The number of benzene rings is 2. The summed E-state index contributed by atoms with van der Waals surface area (Å²) in [6, 6.07) is 20.4. The number of carboxylic acids is 1. The summed E-state index contributed by atoms with van der Waals surface area (Å²) in [5, 5.41) is 19.0. The van der Waals surface area contributed by atoms with Crippen molar-refractivity contribution in [2.24, 2.45) is 0 Å². The zero-order valence-electron chi connectivity index (χ0n) is 12.8. The molecule has 23 heavy (non-hydrogen) atoms. The zero-order chi connectivity index (χ0) is 16.5. The van der Waals surface area contributed by atoms with Crippen molar-refractivity contribution in [1.29, 1.82) is 5.26 Å². The fraction of sp³-hybridized carbons (Fsp3) is 0.263. The van der Waals surface area contributed by atoms with E-state index in [-0.39, 0.29) is 6.42 Å². The maximum absolute atomic E-state index is 11.7. The van der Waals surface area contributed by atoms with Crippen molar-refractivity contribution >= 4 is 5.97 Å². The second kappa shape index (κ2) is 8.11. The molecule has 0 spiro atoms. The Kier molecular flexibility index (Phi) is 5.90. The van der Waals surface area contributed by atoms with Gasteiger partial charge in [0.2, 0.25) is 0 Å². The molecule has 0 saturated heterocycles. The Morgan fingerprint density at radius 2 is 1.70 bits per heavy atom.